The molecule has 0 atom stereocenters. The molecule has 0 spiro atoms. The van der Waals surface area contributed by atoms with Gasteiger partial charge >= 0.3 is 0 Å². The van der Waals surface area contributed by atoms with E-state index in [9.17, 15) is 4.79 Å². The third kappa shape index (κ3) is 4.95. The molecule has 0 bridgehead atoms. The minimum Gasteiger partial charge on any atom is -0.493 e. The van der Waals surface area contributed by atoms with Crippen molar-refractivity contribution in [2.45, 2.75) is 13.5 Å². The molecule has 1 aromatic heterocycles. The van der Waals surface area contributed by atoms with E-state index in [0.717, 1.165) is 11.1 Å². The first-order valence-corrected chi connectivity index (χ1v) is 9.71. The van der Waals surface area contributed by atoms with E-state index in [1.807, 2.05) is 30.5 Å². The van der Waals surface area contributed by atoms with Crippen LogP contribution in [0.25, 0.3) is 0 Å². The molecule has 3 aromatic rings. The minimum absolute atomic E-state index is 0.211. The molecule has 2 aromatic carbocycles. The first-order chi connectivity index (χ1) is 13.0. The molecule has 3 rings (SSSR count). The third-order valence-corrected chi connectivity index (χ3v) is 5.49. The quantitative estimate of drug-likeness (QED) is 0.514. The van der Waals surface area contributed by atoms with Crippen LogP contribution in [0.15, 0.2) is 47.8 Å². The maximum atomic E-state index is 12.4. The van der Waals surface area contributed by atoms with Crippen LogP contribution in [0, 0.1) is 6.92 Å². The second-order valence-electron chi connectivity index (χ2n) is 5.85. The molecule has 27 heavy (non-hydrogen) atoms. The molecule has 1 heterocycles. The van der Waals surface area contributed by atoms with E-state index in [1.54, 1.807) is 31.4 Å². The molecule has 1 amide bonds. The van der Waals surface area contributed by atoms with Crippen molar-refractivity contribution >= 4 is 46.1 Å². The van der Waals surface area contributed by atoms with Gasteiger partial charge in [0.25, 0.3) is 5.91 Å². The normalized spacial score (nSPS) is 10.5. The molecule has 0 saturated carbocycles. The van der Waals surface area contributed by atoms with E-state index in [1.165, 1.54) is 11.3 Å². The molecule has 0 aliphatic carbocycles. The molecule has 0 fully saturated rings. The zero-order valence-electron chi connectivity index (χ0n) is 14.7. The average Bonchev–Trinajstić information content (AvgIpc) is 3.13. The number of ether oxygens (including phenoxy) is 2. The van der Waals surface area contributed by atoms with Crippen molar-refractivity contribution in [3.63, 3.8) is 0 Å². The molecule has 0 saturated heterocycles. The van der Waals surface area contributed by atoms with Crippen molar-refractivity contribution in [3.05, 3.63) is 73.9 Å². The fraction of sp³-hybridized carbons (Fsp3) is 0.150. The Labute approximate surface area is 171 Å². The summed E-state index contributed by atoms with van der Waals surface area (Å²) in [7, 11) is 1.61. The van der Waals surface area contributed by atoms with Crippen molar-refractivity contribution in [2.75, 3.05) is 12.4 Å². The maximum absolute atomic E-state index is 12.4. The zero-order chi connectivity index (χ0) is 19.4. The Morgan fingerprint density at radius 3 is 2.63 bits per heavy atom. The predicted octanol–water partition coefficient (Wildman–Crippen LogP) is 6.20. The van der Waals surface area contributed by atoms with Gasteiger partial charge in [0.15, 0.2) is 11.5 Å². The van der Waals surface area contributed by atoms with E-state index >= 15 is 0 Å². The highest BCUT2D eigenvalue weighted by Gasteiger charge is 2.12. The Balaban J connectivity index is 1.64. The number of anilines is 1. The molecule has 0 radical (unpaired) electrons. The molecule has 0 unspecified atom stereocenters. The number of hydrogen-bond donors (Lipinski definition) is 1. The minimum atomic E-state index is -0.211. The maximum Gasteiger partial charge on any atom is 0.265 e. The van der Waals surface area contributed by atoms with Crippen LogP contribution in [0.2, 0.25) is 10.0 Å². The highest BCUT2D eigenvalue weighted by Crippen LogP contribution is 2.29. The van der Waals surface area contributed by atoms with Gasteiger partial charge in [-0.1, -0.05) is 29.3 Å². The molecule has 0 aliphatic rings. The molecular formula is C20H17Cl2NO3S. The number of methoxy groups -OCH3 is 1. The number of rotatable bonds is 6. The topological polar surface area (TPSA) is 47.6 Å². The number of thiophene rings is 1. The SMILES string of the molecule is COc1cc(C)ccc1OCc1csc(C(=O)Nc2ccc(Cl)c(Cl)c2)c1. The largest absolute Gasteiger partial charge is 0.493 e. The molecule has 7 heteroatoms. The Morgan fingerprint density at radius 2 is 1.89 bits per heavy atom. The van der Waals surface area contributed by atoms with Gasteiger partial charge in [0, 0.05) is 11.3 Å². The van der Waals surface area contributed by atoms with E-state index in [-0.39, 0.29) is 5.91 Å². The summed E-state index contributed by atoms with van der Waals surface area (Å²) in [5, 5.41) is 5.53. The third-order valence-electron chi connectivity index (χ3n) is 3.77. The average molecular weight is 422 g/mol. The lowest BCUT2D eigenvalue weighted by molar-refractivity contribution is 0.103. The number of benzene rings is 2. The number of amides is 1. The second-order valence-corrected chi connectivity index (χ2v) is 7.57. The lowest BCUT2D eigenvalue weighted by Crippen LogP contribution is -2.10. The van der Waals surface area contributed by atoms with Crippen molar-refractivity contribution in [1.29, 1.82) is 0 Å². The van der Waals surface area contributed by atoms with Gasteiger partial charge in [0.1, 0.15) is 6.61 Å². The number of hydrogen-bond acceptors (Lipinski definition) is 4. The summed E-state index contributed by atoms with van der Waals surface area (Å²) in [6.45, 7) is 2.33. The molecule has 4 nitrogen and oxygen atoms in total. The Bertz CT molecular complexity index is 972. The zero-order valence-corrected chi connectivity index (χ0v) is 17.0. The smallest absolute Gasteiger partial charge is 0.265 e. The van der Waals surface area contributed by atoms with Gasteiger partial charge in [-0.05, 0) is 54.3 Å². The monoisotopic (exact) mass is 421 g/mol. The van der Waals surface area contributed by atoms with Crippen LogP contribution < -0.4 is 14.8 Å². The molecule has 1 N–H and O–H groups in total. The summed E-state index contributed by atoms with van der Waals surface area (Å²) < 4.78 is 11.2. The summed E-state index contributed by atoms with van der Waals surface area (Å²) in [5.74, 6) is 1.14. The predicted molar refractivity (Wildman–Crippen MR) is 111 cm³/mol. The lowest BCUT2D eigenvalue weighted by atomic mass is 10.2. The summed E-state index contributed by atoms with van der Waals surface area (Å²) >= 11 is 13.2. The van der Waals surface area contributed by atoms with E-state index in [0.29, 0.717) is 38.7 Å². The van der Waals surface area contributed by atoms with Crippen LogP contribution in [-0.2, 0) is 6.61 Å². The lowest BCUT2D eigenvalue weighted by Gasteiger charge is -2.10. The Kier molecular flexibility index (Phi) is 6.26. The van der Waals surface area contributed by atoms with E-state index in [4.69, 9.17) is 32.7 Å². The summed E-state index contributed by atoms with van der Waals surface area (Å²) in [6, 6.07) is 12.5. The summed E-state index contributed by atoms with van der Waals surface area (Å²) in [6.07, 6.45) is 0. The van der Waals surface area contributed by atoms with Crippen LogP contribution in [0.4, 0.5) is 5.69 Å². The van der Waals surface area contributed by atoms with Gasteiger partial charge in [-0.15, -0.1) is 11.3 Å². The number of nitrogens with one attached hydrogen (secondary N) is 1. The highest BCUT2D eigenvalue weighted by molar-refractivity contribution is 7.12. The van der Waals surface area contributed by atoms with Crippen molar-refractivity contribution in [2.24, 2.45) is 0 Å². The van der Waals surface area contributed by atoms with Gasteiger partial charge in [-0.2, -0.15) is 0 Å². The first-order valence-electron chi connectivity index (χ1n) is 8.07. The molecule has 0 aliphatic heterocycles. The number of halogens is 2. The van der Waals surface area contributed by atoms with Gasteiger partial charge in [0.05, 0.1) is 22.0 Å². The molecule has 140 valence electrons. The number of carbonyl (C=O) groups excluding carboxylic acids is 1. The van der Waals surface area contributed by atoms with Crippen LogP contribution in [-0.4, -0.2) is 13.0 Å². The molecular weight excluding hydrogens is 405 g/mol. The summed E-state index contributed by atoms with van der Waals surface area (Å²) in [5.41, 5.74) is 2.59. The van der Waals surface area contributed by atoms with Gasteiger partial charge < -0.3 is 14.8 Å². The van der Waals surface area contributed by atoms with Gasteiger partial charge in [-0.3, -0.25) is 4.79 Å². The fourth-order valence-electron chi connectivity index (χ4n) is 2.39. The van der Waals surface area contributed by atoms with E-state index in [2.05, 4.69) is 5.32 Å². The van der Waals surface area contributed by atoms with Gasteiger partial charge in [0.2, 0.25) is 0 Å². The summed E-state index contributed by atoms with van der Waals surface area (Å²) in [4.78, 5) is 13.0. The van der Waals surface area contributed by atoms with E-state index < -0.39 is 0 Å². The fourth-order valence-corrected chi connectivity index (χ4v) is 3.48. The Morgan fingerprint density at radius 1 is 1.07 bits per heavy atom. The number of carbonyl (C=O) groups is 1. The van der Waals surface area contributed by atoms with Crippen LogP contribution in [0.1, 0.15) is 20.8 Å². The van der Waals surface area contributed by atoms with Crippen molar-refractivity contribution < 1.29 is 14.3 Å². The van der Waals surface area contributed by atoms with Crippen LogP contribution in [0.3, 0.4) is 0 Å². The standard InChI is InChI=1S/C20H17Cl2NO3S/c1-12-3-6-17(18(7-12)25-2)26-10-13-8-19(27-11-13)20(24)23-14-4-5-15(21)16(22)9-14/h3-9,11H,10H2,1-2H3,(H,23,24). The first kappa shape index (κ1) is 19.5. The van der Waals surface area contributed by atoms with Gasteiger partial charge in [-0.25, -0.2) is 0 Å². The van der Waals surface area contributed by atoms with Crippen molar-refractivity contribution in [1.82, 2.24) is 0 Å². The highest BCUT2D eigenvalue weighted by atomic mass is 35.5. The van der Waals surface area contributed by atoms with Crippen molar-refractivity contribution in [3.8, 4) is 11.5 Å². The number of aryl methyl sites for hydroxylation is 1. The van der Waals surface area contributed by atoms with Crippen LogP contribution in [0.5, 0.6) is 11.5 Å². The second kappa shape index (κ2) is 8.65. The van der Waals surface area contributed by atoms with Crippen LogP contribution >= 0.6 is 34.5 Å². The Hall–Kier alpha value is -2.21.